The molecule has 0 unspecified atom stereocenters. The number of hydrogen-bond acceptors (Lipinski definition) is 1. The molecule has 0 radical (unpaired) electrons. The molecule has 13 rings (SSSR count). The number of nitrogens with zero attached hydrogens (tertiary/aromatic N) is 1. The Labute approximate surface area is 396 Å². The molecule has 0 fully saturated rings. The van der Waals surface area contributed by atoms with E-state index in [4.69, 9.17) is 0 Å². The molecule has 0 amide bonds. The highest BCUT2D eigenvalue weighted by Crippen LogP contribution is 2.64. The van der Waals surface area contributed by atoms with Gasteiger partial charge in [0.15, 0.2) is 0 Å². The van der Waals surface area contributed by atoms with Crippen LogP contribution in [-0.2, 0) is 21.7 Å². The molecule has 0 bridgehead atoms. The number of benzene rings is 9. The minimum absolute atomic E-state index is 0.0548. The van der Waals surface area contributed by atoms with E-state index in [2.05, 4.69) is 247 Å². The van der Waals surface area contributed by atoms with Crippen LogP contribution in [0.5, 0.6) is 0 Å². The van der Waals surface area contributed by atoms with E-state index in [1.807, 2.05) is 0 Å². The van der Waals surface area contributed by atoms with Gasteiger partial charge in [0.25, 0.3) is 0 Å². The summed E-state index contributed by atoms with van der Waals surface area (Å²) in [5.74, 6) is 0. The first-order chi connectivity index (χ1) is 32.5. The first kappa shape index (κ1) is 40.1. The maximum atomic E-state index is 2.61. The fourth-order valence-corrected chi connectivity index (χ4v) is 13.0. The van der Waals surface area contributed by atoms with Crippen molar-refractivity contribution in [3.63, 3.8) is 0 Å². The fourth-order valence-electron chi connectivity index (χ4n) is 13.0. The van der Waals surface area contributed by atoms with Crippen molar-refractivity contribution in [3.8, 4) is 55.6 Å². The van der Waals surface area contributed by atoms with E-state index in [1.165, 1.54) is 112 Å². The predicted molar refractivity (Wildman–Crippen MR) is 281 cm³/mol. The van der Waals surface area contributed by atoms with E-state index >= 15 is 0 Å². The first-order valence-corrected chi connectivity index (χ1v) is 24.3. The second-order valence-corrected chi connectivity index (χ2v) is 21.5. The highest BCUT2D eigenvalue weighted by Gasteiger charge is 2.52. The molecule has 9 aromatic carbocycles. The normalized spacial score (nSPS) is 16.6. The van der Waals surface area contributed by atoms with Gasteiger partial charge in [-0.25, -0.2) is 0 Å². The van der Waals surface area contributed by atoms with Crippen LogP contribution in [0, 0.1) is 0 Å². The van der Waals surface area contributed by atoms with Gasteiger partial charge < -0.3 is 4.90 Å². The van der Waals surface area contributed by atoms with Crippen molar-refractivity contribution >= 4 is 17.1 Å². The smallest absolute Gasteiger partial charge is 0.0726 e. The minimum atomic E-state index is -0.487. The third-order valence-electron chi connectivity index (χ3n) is 16.6. The Morgan fingerprint density at radius 1 is 0.299 bits per heavy atom. The van der Waals surface area contributed by atoms with Gasteiger partial charge in [-0.3, -0.25) is 0 Å². The summed E-state index contributed by atoms with van der Waals surface area (Å²) < 4.78 is 0. The van der Waals surface area contributed by atoms with Crippen molar-refractivity contribution in [3.05, 3.63) is 245 Å². The fraction of sp³-hybridized carbons (Fsp3) is 0.182. The molecule has 0 N–H and O–H groups in total. The minimum Gasteiger partial charge on any atom is -0.310 e. The Balaban J connectivity index is 1.14. The van der Waals surface area contributed by atoms with Crippen LogP contribution in [0.25, 0.3) is 55.6 Å². The van der Waals surface area contributed by atoms with Gasteiger partial charge in [-0.15, -0.1) is 0 Å². The lowest BCUT2D eigenvalue weighted by Gasteiger charge is -2.42. The van der Waals surface area contributed by atoms with Crippen LogP contribution in [0.2, 0.25) is 0 Å². The van der Waals surface area contributed by atoms with E-state index in [-0.39, 0.29) is 16.2 Å². The summed E-state index contributed by atoms with van der Waals surface area (Å²) in [4.78, 5) is 2.59. The average Bonchev–Trinajstić information content (AvgIpc) is 3.91. The summed E-state index contributed by atoms with van der Waals surface area (Å²) in [7, 11) is 0. The summed E-state index contributed by atoms with van der Waals surface area (Å²) >= 11 is 0. The lowest BCUT2D eigenvalue weighted by atomic mass is 9.63. The van der Waals surface area contributed by atoms with Gasteiger partial charge in [0.2, 0.25) is 0 Å². The Morgan fingerprint density at radius 3 is 1.40 bits per heavy atom. The van der Waals surface area contributed by atoms with Crippen molar-refractivity contribution in [1.82, 2.24) is 0 Å². The molecule has 1 heteroatoms. The zero-order valence-corrected chi connectivity index (χ0v) is 39.4. The monoisotopic (exact) mass is 861 g/mol. The third kappa shape index (κ3) is 5.61. The van der Waals surface area contributed by atoms with Crippen molar-refractivity contribution in [1.29, 1.82) is 0 Å². The zero-order chi connectivity index (χ0) is 45.5. The molecule has 1 spiro atoms. The lowest BCUT2D eigenvalue weighted by Crippen LogP contribution is -2.33. The molecule has 4 aliphatic rings. The molecule has 324 valence electrons. The quantitative estimate of drug-likeness (QED) is 0.167. The molecule has 4 aliphatic carbocycles. The first-order valence-electron chi connectivity index (χ1n) is 24.3. The molecule has 0 aromatic heterocycles. The van der Waals surface area contributed by atoms with Crippen LogP contribution in [0.3, 0.4) is 0 Å². The van der Waals surface area contributed by atoms with E-state index in [0.29, 0.717) is 0 Å². The van der Waals surface area contributed by atoms with Gasteiger partial charge in [0.05, 0.1) is 11.1 Å². The van der Waals surface area contributed by atoms with Crippen LogP contribution in [0.1, 0.15) is 98.9 Å². The van der Waals surface area contributed by atoms with Gasteiger partial charge in [-0.05, 0) is 155 Å². The Morgan fingerprint density at radius 2 is 0.776 bits per heavy atom. The third-order valence-corrected chi connectivity index (χ3v) is 16.6. The number of fused-ring (bicyclic) bond motifs is 14. The van der Waals surface area contributed by atoms with Crippen molar-refractivity contribution in [2.75, 3.05) is 4.90 Å². The van der Waals surface area contributed by atoms with Crippen LogP contribution in [0.15, 0.2) is 200 Å². The summed E-state index contributed by atoms with van der Waals surface area (Å²) in [6, 6.07) is 76.6. The Hall–Kier alpha value is -7.22. The van der Waals surface area contributed by atoms with Gasteiger partial charge in [0.1, 0.15) is 0 Å². The van der Waals surface area contributed by atoms with Gasteiger partial charge >= 0.3 is 0 Å². The molecule has 0 aliphatic heterocycles. The van der Waals surface area contributed by atoms with Crippen LogP contribution < -0.4 is 4.90 Å². The van der Waals surface area contributed by atoms with E-state index < -0.39 is 5.41 Å². The molecule has 0 saturated heterocycles. The summed E-state index contributed by atoms with van der Waals surface area (Å²) in [5.41, 5.74) is 26.9. The largest absolute Gasteiger partial charge is 0.310 e. The summed E-state index contributed by atoms with van der Waals surface area (Å²) in [6.07, 6.45) is 2.35. The highest BCUT2D eigenvalue weighted by atomic mass is 15.1. The molecule has 1 nitrogen and oxygen atoms in total. The van der Waals surface area contributed by atoms with Crippen molar-refractivity contribution < 1.29 is 0 Å². The summed E-state index contributed by atoms with van der Waals surface area (Å²) in [5, 5.41) is 0. The van der Waals surface area contributed by atoms with Gasteiger partial charge in [-0.1, -0.05) is 205 Å². The molecular weight excluding hydrogens is 807 g/mol. The van der Waals surface area contributed by atoms with Gasteiger partial charge in [0, 0.05) is 22.4 Å². The second-order valence-electron chi connectivity index (χ2n) is 21.5. The molecular formula is C66H55N. The average molecular weight is 862 g/mol. The molecule has 0 atom stereocenters. The topological polar surface area (TPSA) is 3.24 Å². The molecule has 0 saturated carbocycles. The highest BCUT2D eigenvalue weighted by molar-refractivity contribution is 6.00. The van der Waals surface area contributed by atoms with Gasteiger partial charge in [-0.2, -0.15) is 0 Å². The number of hydrogen-bond donors (Lipinski definition) is 0. The summed E-state index contributed by atoms with van der Waals surface area (Å²) in [6.45, 7) is 14.6. The molecule has 9 aromatic rings. The SMILES string of the molecule is CC1(C)CCC(C)(C)c2cc(-c3cc4c(cc3N(c3ccc(-c5ccccc5)cc3)c3ccc5c(c3)C(C)(C)c3ccccc3-5)C3(c5ccccc5-c5ccccc53)c3ccccc3-4)ccc21. The second kappa shape index (κ2) is 14.1. The Bertz CT molecular complexity index is 3440. The maximum absolute atomic E-state index is 2.61. The number of anilines is 3. The van der Waals surface area contributed by atoms with Crippen LogP contribution >= 0.6 is 0 Å². The van der Waals surface area contributed by atoms with Crippen LogP contribution in [-0.4, -0.2) is 0 Å². The van der Waals surface area contributed by atoms with E-state index in [0.717, 1.165) is 17.8 Å². The van der Waals surface area contributed by atoms with Crippen LogP contribution in [0.4, 0.5) is 17.1 Å². The molecule has 0 heterocycles. The molecule has 67 heavy (non-hydrogen) atoms. The standard InChI is InChI=1S/C66H55N/c1-63(2)36-37-64(3,4)61-38-44(30-35-58(61)63)52-40-53-50-23-13-17-27-57(50)66(55-25-15-11-21-48(55)49-22-12-16-26-56(49)66)60(53)41-62(52)67(45-31-28-43(29-32-45)42-18-8-7-9-19-42)46-33-34-51-47-20-10-14-24-54(47)65(5,6)59(51)39-46/h7-35,38-41H,36-37H2,1-6H3. The maximum Gasteiger partial charge on any atom is 0.0726 e. The van der Waals surface area contributed by atoms with Crippen molar-refractivity contribution in [2.24, 2.45) is 0 Å². The van der Waals surface area contributed by atoms with Crippen molar-refractivity contribution in [2.45, 2.75) is 76.0 Å². The lowest BCUT2D eigenvalue weighted by molar-refractivity contribution is 0.332. The predicted octanol–water partition coefficient (Wildman–Crippen LogP) is 17.5. The van der Waals surface area contributed by atoms with E-state index in [1.54, 1.807) is 0 Å². The zero-order valence-electron chi connectivity index (χ0n) is 39.4. The van der Waals surface area contributed by atoms with E-state index in [9.17, 15) is 0 Å². The number of rotatable bonds is 5. The Kier molecular flexibility index (Phi) is 8.46.